The molecule has 26 heavy (non-hydrogen) atoms. The van der Waals surface area contributed by atoms with Gasteiger partial charge < -0.3 is 5.32 Å². The lowest BCUT2D eigenvalue weighted by atomic mass is 10.2. The van der Waals surface area contributed by atoms with E-state index in [1.165, 1.54) is 21.7 Å². The summed E-state index contributed by atoms with van der Waals surface area (Å²) in [7, 11) is 0. The van der Waals surface area contributed by atoms with E-state index in [0.717, 1.165) is 11.5 Å². The van der Waals surface area contributed by atoms with Crippen molar-refractivity contribution in [3.05, 3.63) is 68.9 Å². The van der Waals surface area contributed by atoms with Gasteiger partial charge >= 0.3 is 0 Å². The number of aryl methyl sites for hydroxylation is 1. The van der Waals surface area contributed by atoms with Crippen molar-refractivity contribution in [1.82, 2.24) is 15.1 Å². The topological polar surface area (TPSA) is 46.9 Å². The Hall–Kier alpha value is -1.83. The summed E-state index contributed by atoms with van der Waals surface area (Å²) in [5.74, 6) is 1.16. The van der Waals surface area contributed by atoms with Crippen molar-refractivity contribution in [3.63, 3.8) is 0 Å². The van der Waals surface area contributed by atoms with Crippen LogP contribution in [0.3, 0.4) is 0 Å². The van der Waals surface area contributed by atoms with Crippen molar-refractivity contribution in [3.8, 4) is 5.69 Å². The summed E-state index contributed by atoms with van der Waals surface area (Å²) in [6.07, 6.45) is 0. The van der Waals surface area contributed by atoms with Crippen molar-refractivity contribution in [1.29, 1.82) is 0 Å². The van der Waals surface area contributed by atoms with Crippen LogP contribution in [0.25, 0.3) is 5.69 Å². The highest BCUT2D eigenvalue weighted by Gasteiger charge is 2.20. The van der Waals surface area contributed by atoms with Gasteiger partial charge in [-0.2, -0.15) is 16.9 Å². The number of hydrogen-bond donors (Lipinski definition) is 1. The molecule has 0 unspecified atom stereocenters. The number of thioether (sulfide) groups is 1. The third-order valence-electron chi connectivity index (χ3n) is 3.66. The molecule has 0 fully saturated rings. The van der Waals surface area contributed by atoms with Gasteiger partial charge in [-0.15, -0.1) is 11.3 Å². The van der Waals surface area contributed by atoms with Crippen LogP contribution in [0.2, 0.25) is 5.15 Å². The average molecular weight is 410 g/mol. The summed E-state index contributed by atoms with van der Waals surface area (Å²) in [5, 5.41) is 9.46. The molecule has 0 bridgehead atoms. The third kappa shape index (κ3) is 4.47. The van der Waals surface area contributed by atoms with Gasteiger partial charge in [-0.3, -0.25) is 4.79 Å². The molecule has 0 aliphatic heterocycles. The zero-order chi connectivity index (χ0) is 18.5. The number of amides is 1. The smallest absolute Gasteiger partial charge is 0.256 e. The van der Waals surface area contributed by atoms with Crippen LogP contribution < -0.4 is 5.32 Å². The Morgan fingerprint density at radius 3 is 2.81 bits per heavy atom. The first-order valence-electron chi connectivity index (χ1n) is 7.95. The highest BCUT2D eigenvalue weighted by molar-refractivity contribution is 7.98. The maximum Gasteiger partial charge on any atom is 0.256 e. The number of benzene rings is 1. The highest BCUT2D eigenvalue weighted by Crippen LogP contribution is 2.23. The number of nitrogens with one attached hydrogen (secondary N) is 1. The maximum atomic E-state index is 13.1. The lowest BCUT2D eigenvalue weighted by molar-refractivity contribution is 0.0955. The highest BCUT2D eigenvalue weighted by atomic mass is 35.5. The summed E-state index contributed by atoms with van der Waals surface area (Å²) in [6.45, 7) is 2.28. The number of aromatic nitrogens is 2. The third-order valence-corrected chi connectivity index (χ3v) is 6.07. The molecule has 136 valence electrons. The lowest BCUT2D eigenvalue weighted by Crippen LogP contribution is -2.26. The molecular formula is C18H17ClFN3OS2. The fourth-order valence-electron chi connectivity index (χ4n) is 2.40. The molecule has 0 atom stereocenters. The van der Waals surface area contributed by atoms with Crippen molar-refractivity contribution >= 4 is 40.6 Å². The molecule has 0 spiro atoms. The van der Waals surface area contributed by atoms with Gasteiger partial charge in [0, 0.05) is 22.9 Å². The zero-order valence-corrected chi connectivity index (χ0v) is 16.4. The number of nitrogens with zero attached hydrogens (tertiary/aromatic N) is 2. The van der Waals surface area contributed by atoms with Crippen molar-refractivity contribution in [2.75, 3.05) is 12.3 Å². The molecule has 2 heterocycles. The number of carbonyl (C=O) groups is 1. The van der Waals surface area contributed by atoms with Gasteiger partial charge in [0.1, 0.15) is 11.0 Å². The van der Waals surface area contributed by atoms with E-state index in [1.807, 2.05) is 6.07 Å². The molecular weight excluding hydrogens is 393 g/mol. The summed E-state index contributed by atoms with van der Waals surface area (Å²) in [4.78, 5) is 13.8. The Bertz CT molecular complexity index is 879. The summed E-state index contributed by atoms with van der Waals surface area (Å²) >= 11 is 9.84. The number of thiophene rings is 1. The Labute approximate surface area is 164 Å². The Kier molecular flexibility index (Phi) is 6.34. The molecule has 3 rings (SSSR count). The van der Waals surface area contributed by atoms with E-state index in [9.17, 15) is 9.18 Å². The number of halogens is 2. The van der Waals surface area contributed by atoms with Crippen LogP contribution in [0.1, 0.15) is 20.9 Å². The largest absolute Gasteiger partial charge is 0.351 e. The SMILES string of the molecule is Cc1nn(-c2ccc(F)cc2)c(Cl)c1C(=O)NCCSCc1cccs1. The lowest BCUT2D eigenvalue weighted by Gasteiger charge is -2.06. The van der Waals surface area contributed by atoms with E-state index in [0.29, 0.717) is 23.5 Å². The maximum absolute atomic E-state index is 13.1. The van der Waals surface area contributed by atoms with Crippen LogP contribution in [-0.2, 0) is 5.75 Å². The minimum absolute atomic E-state index is 0.220. The van der Waals surface area contributed by atoms with E-state index in [1.54, 1.807) is 42.2 Å². The first-order chi connectivity index (χ1) is 12.6. The Morgan fingerprint density at radius 1 is 1.35 bits per heavy atom. The van der Waals surface area contributed by atoms with Gasteiger partial charge in [0.15, 0.2) is 0 Å². The fraction of sp³-hybridized carbons (Fsp3) is 0.222. The van der Waals surface area contributed by atoms with Gasteiger partial charge in [-0.1, -0.05) is 17.7 Å². The molecule has 0 radical (unpaired) electrons. The number of hydrogen-bond acceptors (Lipinski definition) is 4. The minimum Gasteiger partial charge on any atom is -0.351 e. The predicted molar refractivity (Wildman–Crippen MR) is 106 cm³/mol. The Balaban J connectivity index is 1.59. The second kappa shape index (κ2) is 8.70. The summed E-state index contributed by atoms with van der Waals surface area (Å²) in [5.41, 5.74) is 1.48. The van der Waals surface area contributed by atoms with E-state index in [2.05, 4.69) is 21.9 Å². The van der Waals surface area contributed by atoms with Crippen molar-refractivity contribution in [2.24, 2.45) is 0 Å². The fourth-order valence-corrected chi connectivity index (χ4v) is 4.46. The number of carbonyl (C=O) groups excluding carboxylic acids is 1. The van der Waals surface area contributed by atoms with Crippen LogP contribution >= 0.6 is 34.7 Å². The van der Waals surface area contributed by atoms with Gasteiger partial charge in [-0.05, 0) is 42.6 Å². The van der Waals surface area contributed by atoms with E-state index < -0.39 is 0 Å². The van der Waals surface area contributed by atoms with Crippen LogP contribution in [0.5, 0.6) is 0 Å². The first-order valence-corrected chi connectivity index (χ1v) is 10.4. The molecule has 0 aliphatic carbocycles. The molecule has 4 nitrogen and oxygen atoms in total. The van der Waals surface area contributed by atoms with E-state index >= 15 is 0 Å². The molecule has 0 aliphatic rings. The summed E-state index contributed by atoms with van der Waals surface area (Å²) < 4.78 is 14.5. The average Bonchev–Trinajstić information content (AvgIpc) is 3.23. The molecule has 3 aromatic rings. The monoisotopic (exact) mass is 409 g/mol. The normalized spacial score (nSPS) is 10.9. The standard InChI is InChI=1S/C18H17ClFN3OS2/c1-12-16(17(19)23(22-12)14-6-4-13(20)5-7-14)18(24)21-8-10-25-11-15-3-2-9-26-15/h2-7,9H,8,10-11H2,1H3,(H,21,24). The second-order valence-corrected chi connectivity index (χ2v) is 8.02. The first kappa shape index (κ1) is 18.9. The molecule has 8 heteroatoms. The predicted octanol–water partition coefficient (Wildman–Crippen LogP) is 4.70. The van der Waals surface area contributed by atoms with Crippen LogP contribution in [0.15, 0.2) is 41.8 Å². The van der Waals surface area contributed by atoms with Crippen molar-refractivity contribution in [2.45, 2.75) is 12.7 Å². The van der Waals surface area contributed by atoms with E-state index in [-0.39, 0.29) is 16.9 Å². The minimum atomic E-state index is -0.341. The van der Waals surface area contributed by atoms with Gasteiger partial charge in [0.05, 0.1) is 16.9 Å². The van der Waals surface area contributed by atoms with Crippen LogP contribution in [0.4, 0.5) is 4.39 Å². The molecule has 0 saturated carbocycles. The van der Waals surface area contributed by atoms with Gasteiger partial charge in [-0.25, -0.2) is 9.07 Å². The molecule has 1 aromatic carbocycles. The quantitative estimate of drug-likeness (QED) is 0.575. The van der Waals surface area contributed by atoms with E-state index in [4.69, 9.17) is 11.6 Å². The van der Waals surface area contributed by atoms with Gasteiger partial charge in [0.2, 0.25) is 0 Å². The van der Waals surface area contributed by atoms with Crippen LogP contribution in [0, 0.1) is 12.7 Å². The molecule has 2 aromatic heterocycles. The van der Waals surface area contributed by atoms with Crippen molar-refractivity contribution < 1.29 is 9.18 Å². The molecule has 1 N–H and O–H groups in total. The molecule has 1 amide bonds. The Morgan fingerprint density at radius 2 is 2.12 bits per heavy atom. The van der Waals surface area contributed by atoms with Crippen LogP contribution in [-0.4, -0.2) is 28.0 Å². The van der Waals surface area contributed by atoms with Gasteiger partial charge in [0.25, 0.3) is 5.91 Å². The zero-order valence-electron chi connectivity index (χ0n) is 14.0. The summed E-state index contributed by atoms with van der Waals surface area (Å²) in [6, 6.07) is 9.92. The molecule has 0 saturated heterocycles. The number of rotatable bonds is 7. The second-order valence-electron chi connectivity index (χ2n) is 5.53.